The SMILES string of the molecule is C=CCC1CCC(C2CCC(C(CC)[P+](c3ccccc3)(c3ccccc3)c3ccccc3)CC2)CC1.I. The molecule has 2 aliphatic carbocycles. The first kappa shape index (κ1) is 29.5. The van der Waals surface area contributed by atoms with Gasteiger partial charge >= 0.3 is 0 Å². The van der Waals surface area contributed by atoms with Crippen LogP contribution in [0.5, 0.6) is 0 Å². The first-order valence-corrected chi connectivity index (χ1v) is 16.8. The van der Waals surface area contributed by atoms with Crippen molar-refractivity contribution in [3.63, 3.8) is 0 Å². The first-order chi connectivity index (χ1) is 18.3. The number of benzene rings is 3. The zero-order valence-electron chi connectivity index (χ0n) is 23.3. The quantitative estimate of drug-likeness (QED) is 0.125. The molecule has 0 aromatic heterocycles. The third-order valence-corrected chi connectivity index (χ3v) is 14.9. The third kappa shape index (κ3) is 6.15. The van der Waals surface area contributed by atoms with Crippen molar-refractivity contribution in [1.29, 1.82) is 0 Å². The van der Waals surface area contributed by atoms with E-state index < -0.39 is 7.26 Å². The van der Waals surface area contributed by atoms with E-state index in [2.05, 4.69) is 111 Å². The molecule has 0 spiro atoms. The smallest absolute Gasteiger partial charge is 0.107 e. The molecule has 0 radical (unpaired) electrons. The van der Waals surface area contributed by atoms with Crippen molar-refractivity contribution in [3.05, 3.63) is 104 Å². The van der Waals surface area contributed by atoms with Crippen LogP contribution >= 0.6 is 31.2 Å². The van der Waals surface area contributed by atoms with Gasteiger partial charge in [0.15, 0.2) is 0 Å². The van der Waals surface area contributed by atoms with Gasteiger partial charge < -0.3 is 0 Å². The highest BCUT2D eigenvalue weighted by Gasteiger charge is 2.54. The van der Waals surface area contributed by atoms with E-state index in [1.807, 2.05) is 0 Å². The fourth-order valence-electron chi connectivity index (χ4n) is 8.07. The highest BCUT2D eigenvalue weighted by molar-refractivity contribution is 14.0. The van der Waals surface area contributed by atoms with Crippen LogP contribution in [0, 0.1) is 23.7 Å². The Bertz CT molecular complexity index is 983. The predicted octanol–water partition coefficient (Wildman–Crippen LogP) is 9.57. The van der Waals surface area contributed by atoms with Gasteiger partial charge in [-0.3, -0.25) is 0 Å². The van der Waals surface area contributed by atoms with Crippen LogP contribution in [-0.2, 0) is 0 Å². The molecule has 202 valence electrons. The van der Waals surface area contributed by atoms with Crippen molar-refractivity contribution in [2.75, 3.05) is 0 Å². The molecule has 0 N–H and O–H groups in total. The maximum Gasteiger partial charge on any atom is 0.115 e. The molecular formula is C36H47IP+. The van der Waals surface area contributed by atoms with Crippen LogP contribution in [0.15, 0.2) is 104 Å². The molecule has 2 heteroatoms. The summed E-state index contributed by atoms with van der Waals surface area (Å²) < 4.78 is 0. The zero-order chi connectivity index (χ0) is 25.5. The largest absolute Gasteiger partial charge is 0.115 e. The van der Waals surface area contributed by atoms with E-state index in [0.29, 0.717) is 5.66 Å². The van der Waals surface area contributed by atoms with Gasteiger partial charge in [0.1, 0.15) is 23.2 Å². The Morgan fingerprint density at radius 1 is 0.658 bits per heavy atom. The molecule has 0 saturated heterocycles. The predicted molar refractivity (Wildman–Crippen MR) is 180 cm³/mol. The highest BCUT2D eigenvalue weighted by Crippen LogP contribution is 2.64. The van der Waals surface area contributed by atoms with Crippen molar-refractivity contribution in [2.24, 2.45) is 23.7 Å². The molecule has 2 fully saturated rings. The van der Waals surface area contributed by atoms with Gasteiger partial charge in [0.25, 0.3) is 0 Å². The summed E-state index contributed by atoms with van der Waals surface area (Å²) in [5.74, 6) is 3.63. The summed E-state index contributed by atoms with van der Waals surface area (Å²) in [4.78, 5) is 0. The van der Waals surface area contributed by atoms with Crippen molar-refractivity contribution in [3.8, 4) is 0 Å². The fraction of sp³-hybridized carbons (Fsp3) is 0.444. The Morgan fingerprint density at radius 3 is 1.42 bits per heavy atom. The minimum absolute atomic E-state index is 0. The summed E-state index contributed by atoms with van der Waals surface area (Å²) in [5.41, 5.74) is 0.684. The van der Waals surface area contributed by atoms with Gasteiger partial charge in [0.2, 0.25) is 0 Å². The number of hydrogen-bond donors (Lipinski definition) is 0. The normalized spacial score (nSPS) is 24.7. The summed E-state index contributed by atoms with van der Waals surface area (Å²) in [6, 6.07) is 34.8. The van der Waals surface area contributed by atoms with Crippen LogP contribution in [-0.4, -0.2) is 5.66 Å². The van der Waals surface area contributed by atoms with Crippen LogP contribution < -0.4 is 15.9 Å². The average molecular weight is 638 g/mol. The summed E-state index contributed by atoms with van der Waals surface area (Å²) in [6.45, 7) is 6.46. The van der Waals surface area contributed by atoms with Crippen LogP contribution in [0.3, 0.4) is 0 Å². The lowest BCUT2D eigenvalue weighted by atomic mass is 9.68. The summed E-state index contributed by atoms with van der Waals surface area (Å²) >= 11 is 0. The molecule has 1 unspecified atom stereocenters. The zero-order valence-corrected chi connectivity index (χ0v) is 26.5. The molecule has 3 aromatic rings. The van der Waals surface area contributed by atoms with Crippen molar-refractivity contribution < 1.29 is 0 Å². The molecule has 2 aliphatic rings. The van der Waals surface area contributed by atoms with Gasteiger partial charge in [0.05, 0.1) is 5.66 Å². The minimum Gasteiger partial charge on any atom is -0.107 e. The maximum absolute atomic E-state index is 3.98. The maximum atomic E-state index is 3.98. The third-order valence-electron chi connectivity index (χ3n) is 9.82. The molecule has 0 nitrogen and oxygen atoms in total. The monoisotopic (exact) mass is 637 g/mol. The molecule has 0 amide bonds. The number of rotatable bonds is 9. The van der Waals surface area contributed by atoms with E-state index in [1.54, 1.807) is 15.9 Å². The van der Waals surface area contributed by atoms with Crippen molar-refractivity contribution in [1.82, 2.24) is 0 Å². The number of hydrogen-bond acceptors (Lipinski definition) is 0. The average Bonchev–Trinajstić information content (AvgIpc) is 2.98. The highest BCUT2D eigenvalue weighted by atomic mass is 127. The Balaban J connectivity index is 0.00000336. The molecule has 0 aliphatic heterocycles. The lowest BCUT2D eigenvalue weighted by Gasteiger charge is -2.43. The van der Waals surface area contributed by atoms with Gasteiger partial charge in [0, 0.05) is 0 Å². The second-order valence-corrected chi connectivity index (χ2v) is 15.3. The van der Waals surface area contributed by atoms with Crippen molar-refractivity contribution >= 4 is 47.2 Å². The summed E-state index contributed by atoms with van der Waals surface area (Å²) in [7, 11) is -1.81. The van der Waals surface area contributed by atoms with E-state index in [0.717, 1.165) is 23.7 Å². The Labute approximate surface area is 250 Å². The second-order valence-electron chi connectivity index (χ2n) is 11.7. The Kier molecular flexibility index (Phi) is 11.1. The van der Waals surface area contributed by atoms with Crippen LogP contribution in [0.4, 0.5) is 0 Å². The molecule has 5 rings (SSSR count). The minimum atomic E-state index is -1.81. The molecule has 0 bridgehead atoms. The first-order valence-electron chi connectivity index (χ1n) is 14.9. The van der Waals surface area contributed by atoms with Crippen molar-refractivity contribution in [2.45, 2.75) is 76.8 Å². The molecule has 3 aromatic carbocycles. The van der Waals surface area contributed by atoms with E-state index >= 15 is 0 Å². The Hall–Kier alpha value is -1.44. The van der Waals surface area contributed by atoms with Gasteiger partial charge in [-0.2, -0.15) is 0 Å². The van der Waals surface area contributed by atoms with E-state index in [4.69, 9.17) is 0 Å². The molecule has 0 heterocycles. The van der Waals surface area contributed by atoms with Gasteiger partial charge in [-0.05, 0) is 124 Å². The van der Waals surface area contributed by atoms with Crippen LogP contribution in [0.25, 0.3) is 0 Å². The molecule has 1 atom stereocenters. The van der Waals surface area contributed by atoms with E-state index in [9.17, 15) is 0 Å². The van der Waals surface area contributed by atoms with Gasteiger partial charge in [-0.15, -0.1) is 30.6 Å². The Morgan fingerprint density at radius 2 is 1.05 bits per heavy atom. The molecule has 38 heavy (non-hydrogen) atoms. The second kappa shape index (κ2) is 14.3. The topological polar surface area (TPSA) is 0 Å². The molecule has 2 saturated carbocycles. The number of allylic oxidation sites excluding steroid dienone is 1. The van der Waals surface area contributed by atoms with Gasteiger partial charge in [-0.1, -0.05) is 67.6 Å². The standard InChI is InChI=1S/C36H46P.HI/c1-3-14-29-21-23-30(24-22-29)31-25-27-32(28-26-31)36(4-2)37(33-15-8-5-9-16-33,34-17-10-6-11-18-34)35-19-12-7-13-20-35;/h3,5-13,15-20,29-32,36H,1,4,14,21-28H2,2H3;1H/q+1;. The lowest BCUT2D eigenvalue weighted by Crippen LogP contribution is -2.43. The van der Waals surface area contributed by atoms with Gasteiger partial charge in [-0.25, -0.2) is 0 Å². The summed E-state index contributed by atoms with van der Waals surface area (Å²) in [5, 5.41) is 4.67. The van der Waals surface area contributed by atoms with E-state index in [1.165, 1.54) is 64.2 Å². The number of halogens is 1. The van der Waals surface area contributed by atoms with Crippen LogP contribution in [0.1, 0.15) is 71.1 Å². The van der Waals surface area contributed by atoms with Crippen LogP contribution in [0.2, 0.25) is 0 Å². The van der Waals surface area contributed by atoms with E-state index in [-0.39, 0.29) is 24.0 Å². The lowest BCUT2D eigenvalue weighted by molar-refractivity contribution is 0.145. The fourth-order valence-corrected chi connectivity index (χ4v) is 13.5. The summed E-state index contributed by atoms with van der Waals surface area (Å²) in [6.07, 6.45) is 16.1. The molecular weight excluding hydrogens is 590 g/mol.